The van der Waals surface area contributed by atoms with Crippen LogP contribution in [0.1, 0.15) is 51.4 Å². The molecule has 21 heavy (non-hydrogen) atoms. The van der Waals surface area contributed by atoms with Crippen molar-refractivity contribution < 1.29 is 9.90 Å². The lowest BCUT2D eigenvalue weighted by atomic mass is 9.53. The lowest BCUT2D eigenvalue weighted by Gasteiger charge is -2.57. The van der Waals surface area contributed by atoms with E-state index in [1.54, 1.807) is 0 Å². The number of β-amino-alcohol motifs (C(OH)–C–C–N with tert-alkyl or cyclic N) is 1. The summed E-state index contributed by atoms with van der Waals surface area (Å²) in [4.78, 5) is 14.4. The summed E-state index contributed by atoms with van der Waals surface area (Å²) < 4.78 is 0. The first kappa shape index (κ1) is 12.7. The van der Waals surface area contributed by atoms with Gasteiger partial charge in [0.25, 0.3) is 0 Å². The highest BCUT2D eigenvalue weighted by Crippen LogP contribution is 2.55. The van der Waals surface area contributed by atoms with Crippen molar-refractivity contribution in [3.8, 4) is 0 Å². The predicted molar refractivity (Wildman–Crippen MR) is 78.7 cm³/mol. The third kappa shape index (κ3) is 1.94. The standard InChI is InChI=1S/C17H26N2O2/c20-15(19-9-17(21,10-19)14-1-2-14)18-16-6-11-3-12(7-16)5-13(4-11)8-16/h11-14,21H,1-10H2,(H,18,20). The van der Waals surface area contributed by atoms with Gasteiger partial charge in [-0.2, -0.15) is 0 Å². The Morgan fingerprint density at radius 3 is 2.00 bits per heavy atom. The van der Waals surface area contributed by atoms with Gasteiger partial charge in [0.2, 0.25) is 0 Å². The first-order chi connectivity index (χ1) is 10.0. The van der Waals surface area contributed by atoms with Crippen LogP contribution in [0.3, 0.4) is 0 Å². The van der Waals surface area contributed by atoms with Crippen molar-refractivity contribution >= 4 is 6.03 Å². The van der Waals surface area contributed by atoms with E-state index < -0.39 is 5.60 Å². The molecule has 1 heterocycles. The molecule has 2 N–H and O–H groups in total. The number of amides is 2. The fourth-order valence-corrected chi connectivity index (χ4v) is 6.21. The summed E-state index contributed by atoms with van der Waals surface area (Å²) in [5, 5.41) is 13.8. The van der Waals surface area contributed by atoms with E-state index in [9.17, 15) is 9.90 Å². The van der Waals surface area contributed by atoms with Crippen LogP contribution < -0.4 is 5.32 Å². The maximum atomic E-state index is 12.5. The van der Waals surface area contributed by atoms with E-state index in [0.29, 0.717) is 19.0 Å². The number of hydrogen-bond donors (Lipinski definition) is 2. The molecular formula is C17H26N2O2. The molecule has 6 fully saturated rings. The first-order valence-electron chi connectivity index (χ1n) is 8.83. The number of nitrogens with zero attached hydrogens (tertiary/aromatic N) is 1. The molecule has 4 nitrogen and oxygen atoms in total. The van der Waals surface area contributed by atoms with Crippen molar-refractivity contribution in [3.63, 3.8) is 0 Å². The number of aliphatic hydroxyl groups is 1. The lowest BCUT2D eigenvalue weighted by molar-refractivity contribution is -0.0953. The Morgan fingerprint density at radius 1 is 1.00 bits per heavy atom. The van der Waals surface area contributed by atoms with Crippen LogP contribution in [-0.2, 0) is 0 Å². The van der Waals surface area contributed by atoms with Gasteiger partial charge in [-0.05, 0) is 75.0 Å². The van der Waals surface area contributed by atoms with Gasteiger partial charge >= 0.3 is 6.03 Å². The van der Waals surface area contributed by atoms with Gasteiger partial charge in [0.05, 0.1) is 13.1 Å². The number of carbonyl (C=O) groups is 1. The quantitative estimate of drug-likeness (QED) is 0.818. The largest absolute Gasteiger partial charge is 0.386 e. The molecule has 0 unspecified atom stereocenters. The fraction of sp³-hybridized carbons (Fsp3) is 0.941. The minimum atomic E-state index is -0.557. The van der Waals surface area contributed by atoms with Gasteiger partial charge in [-0.25, -0.2) is 4.79 Å². The van der Waals surface area contributed by atoms with E-state index in [1.807, 2.05) is 4.90 Å². The smallest absolute Gasteiger partial charge is 0.318 e. The van der Waals surface area contributed by atoms with E-state index >= 15 is 0 Å². The highest BCUT2D eigenvalue weighted by molar-refractivity contribution is 5.76. The van der Waals surface area contributed by atoms with Crippen LogP contribution in [0, 0.1) is 23.7 Å². The first-order valence-corrected chi connectivity index (χ1v) is 8.83. The summed E-state index contributed by atoms with van der Waals surface area (Å²) in [6.45, 7) is 1.10. The molecule has 2 amide bonds. The van der Waals surface area contributed by atoms with Crippen LogP contribution in [0.4, 0.5) is 4.79 Å². The van der Waals surface area contributed by atoms with Crippen LogP contribution in [0.25, 0.3) is 0 Å². The Kier molecular flexibility index (Phi) is 2.40. The average Bonchev–Trinajstić information content (AvgIpc) is 3.16. The monoisotopic (exact) mass is 290 g/mol. The molecule has 0 aromatic carbocycles. The molecular weight excluding hydrogens is 264 g/mol. The SMILES string of the molecule is O=C(NC12CC3CC(CC(C3)C1)C2)N1CC(O)(C2CC2)C1. The zero-order valence-electron chi connectivity index (χ0n) is 12.7. The Morgan fingerprint density at radius 2 is 1.52 bits per heavy atom. The number of hydrogen-bond acceptors (Lipinski definition) is 2. The van der Waals surface area contributed by atoms with E-state index in [1.165, 1.54) is 38.5 Å². The van der Waals surface area contributed by atoms with Gasteiger partial charge in [-0.3, -0.25) is 0 Å². The number of carbonyl (C=O) groups excluding carboxylic acids is 1. The molecule has 0 aromatic heterocycles. The Balaban J connectivity index is 1.25. The number of likely N-dealkylation sites (tertiary alicyclic amines) is 1. The van der Waals surface area contributed by atoms with Gasteiger partial charge in [0.15, 0.2) is 0 Å². The summed E-state index contributed by atoms with van der Waals surface area (Å²) in [6, 6.07) is 0.0854. The summed E-state index contributed by atoms with van der Waals surface area (Å²) in [5.74, 6) is 3.03. The number of rotatable bonds is 2. The van der Waals surface area contributed by atoms with Crippen molar-refractivity contribution in [2.45, 2.75) is 62.5 Å². The zero-order valence-corrected chi connectivity index (χ0v) is 12.7. The normalized spacial score (nSPS) is 46.3. The van der Waals surface area contributed by atoms with Crippen LogP contribution in [0.5, 0.6) is 0 Å². The summed E-state index contributed by atoms with van der Waals surface area (Å²) in [7, 11) is 0. The second-order valence-corrected chi connectivity index (χ2v) is 8.86. The van der Waals surface area contributed by atoms with Crippen molar-refractivity contribution in [1.29, 1.82) is 0 Å². The molecule has 4 bridgehead atoms. The molecule has 0 spiro atoms. The molecule has 0 aromatic rings. The van der Waals surface area contributed by atoms with Gasteiger partial charge in [0.1, 0.15) is 5.60 Å². The molecule has 0 atom stereocenters. The van der Waals surface area contributed by atoms with Gasteiger partial charge in [0, 0.05) is 5.54 Å². The third-order valence-corrected chi connectivity index (χ3v) is 6.96. The van der Waals surface area contributed by atoms with Gasteiger partial charge < -0.3 is 15.3 Å². The highest BCUT2D eigenvalue weighted by Gasteiger charge is 2.55. The Bertz CT molecular complexity index is 444. The molecule has 1 aliphatic heterocycles. The average molecular weight is 290 g/mol. The molecule has 6 aliphatic rings. The summed E-state index contributed by atoms with van der Waals surface area (Å²) in [5.41, 5.74) is -0.460. The number of urea groups is 1. The maximum Gasteiger partial charge on any atom is 0.318 e. The Labute approximate surface area is 126 Å². The van der Waals surface area contributed by atoms with Gasteiger partial charge in [-0.15, -0.1) is 0 Å². The molecule has 0 radical (unpaired) electrons. The second-order valence-electron chi connectivity index (χ2n) is 8.86. The topological polar surface area (TPSA) is 52.6 Å². The van der Waals surface area contributed by atoms with Crippen LogP contribution in [0.2, 0.25) is 0 Å². The molecule has 5 saturated carbocycles. The molecule has 6 rings (SSSR count). The van der Waals surface area contributed by atoms with Crippen LogP contribution >= 0.6 is 0 Å². The Hall–Kier alpha value is -0.770. The molecule has 1 saturated heterocycles. The fourth-order valence-electron chi connectivity index (χ4n) is 6.21. The minimum Gasteiger partial charge on any atom is -0.386 e. The second kappa shape index (κ2) is 3.95. The van der Waals surface area contributed by atoms with Crippen molar-refractivity contribution in [2.75, 3.05) is 13.1 Å². The molecule has 5 aliphatic carbocycles. The van der Waals surface area contributed by atoms with Crippen LogP contribution in [0.15, 0.2) is 0 Å². The predicted octanol–water partition coefficient (Wildman–Crippen LogP) is 2.12. The van der Waals surface area contributed by atoms with E-state index in [-0.39, 0.29) is 11.6 Å². The van der Waals surface area contributed by atoms with Gasteiger partial charge in [-0.1, -0.05) is 0 Å². The minimum absolute atomic E-state index is 0.0854. The molecule has 4 heteroatoms. The van der Waals surface area contributed by atoms with Crippen molar-refractivity contribution in [2.24, 2.45) is 23.7 Å². The van der Waals surface area contributed by atoms with E-state index in [0.717, 1.165) is 30.6 Å². The summed E-state index contributed by atoms with van der Waals surface area (Å²) in [6.07, 6.45) is 10.1. The highest BCUT2D eigenvalue weighted by atomic mass is 16.3. The third-order valence-electron chi connectivity index (χ3n) is 6.96. The number of nitrogens with one attached hydrogen (secondary N) is 1. The van der Waals surface area contributed by atoms with E-state index in [2.05, 4.69) is 5.32 Å². The summed E-state index contributed by atoms with van der Waals surface area (Å²) >= 11 is 0. The lowest BCUT2D eigenvalue weighted by Crippen LogP contribution is -2.69. The van der Waals surface area contributed by atoms with Crippen molar-refractivity contribution in [1.82, 2.24) is 10.2 Å². The van der Waals surface area contributed by atoms with Crippen molar-refractivity contribution in [3.05, 3.63) is 0 Å². The van der Waals surface area contributed by atoms with E-state index in [4.69, 9.17) is 0 Å². The van der Waals surface area contributed by atoms with Crippen LogP contribution in [-0.4, -0.2) is 40.3 Å². The zero-order chi connectivity index (χ0) is 14.2. The maximum absolute atomic E-state index is 12.5. The molecule has 116 valence electrons.